The fourth-order valence-corrected chi connectivity index (χ4v) is 4.35. The minimum atomic E-state index is 0.885. The summed E-state index contributed by atoms with van der Waals surface area (Å²) in [5.74, 6) is 0.989. The SMILES string of the molecule is CCNc1ncnc2sc3c(c12)CCN(Cc1ccc[nH]1)C3. The van der Waals surface area contributed by atoms with E-state index in [1.165, 1.54) is 21.5 Å². The Kier molecular flexibility index (Phi) is 3.56. The molecule has 3 aromatic heterocycles. The Balaban J connectivity index is 1.65. The summed E-state index contributed by atoms with van der Waals surface area (Å²) in [6.45, 7) is 6.05. The van der Waals surface area contributed by atoms with Crippen molar-refractivity contribution in [1.29, 1.82) is 0 Å². The molecule has 0 bridgehead atoms. The van der Waals surface area contributed by atoms with Crippen molar-refractivity contribution in [3.63, 3.8) is 0 Å². The van der Waals surface area contributed by atoms with Gasteiger partial charge in [-0.15, -0.1) is 11.3 Å². The average molecular weight is 313 g/mol. The van der Waals surface area contributed by atoms with E-state index in [9.17, 15) is 0 Å². The van der Waals surface area contributed by atoms with Crippen LogP contribution in [0, 0.1) is 0 Å². The van der Waals surface area contributed by atoms with Crippen LogP contribution in [0.3, 0.4) is 0 Å². The van der Waals surface area contributed by atoms with E-state index in [0.29, 0.717) is 0 Å². The van der Waals surface area contributed by atoms with Crippen LogP contribution in [0.1, 0.15) is 23.1 Å². The number of rotatable bonds is 4. The van der Waals surface area contributed by atoms with Gasteiger partial charge < -0.3 is 10.3 Å². The molecule has 0 amide bonds. The topological polar surface area (TPSA) is 56.8 Å². The van der Waals surface area contributed by atoms with Gasteiger partial charge in [-0.25, -0.2) is 9.97 Å². The van der Waals surface area contributed by atoms with E-state index in [1.807, 2.05) is 17.5 Å². The Labute approximate surface area is 133 Å². The van der Waals surface area contributed by atoms with Crippen LogP contribution in [0.4, 0.5) is 5.82 Å². The maximum Gasteiger partial charge on any atom is 0.138 e. The molecule has 4 heterocycles. The summed E-state index contributed by atoms with van der Waals surface area (Å²) in [5, 5.41) is 4.61. The molecule has 2 N–H and O–H groups in total. The smallest absolute Gasteiger partial charge is 0.138 e. The van der Waals surface area contributed by atoms with Crippen LogP contribution in [0.25, 0.3) is 10.2 Å². The summed E-state index contributed by atoms with van der Waals surface area (Å²) in [7, 11) is 0. The summed E-state index contributed by atoms with van der Waals surface area (Å²) in [4.78, 5) is 17.2. The molecule has 0 saturated heterocycles. The van der Waals surface area contributed by atoms with Crippen molar-refractivity contribution in [3.05, 3.63) is 40.8 Å². The molecule has 0 radical (unpaired) electrons. The molecule has 3 aromatic rings. The van der Waals surface area contributed by atoms with E-state index in [0.717, 1.165) is 43.2 Å². The zero-order valence-electron chi connectivity index (χ0n) is 12.6. The first-order valence-electron chi connectivity index (χ1n) is 7.69. The molecule has 22 heavy (non-hydrogen) atoms. The quantitative estimate of drug-likeness (QED) is 0.777. The molecular weight excluding hydrogens is 294 g/mol. The number of aromatic amines is 1. The minimum Gasteiger partial charge on any atom is -0.370 e. The number of fused-ring (bicyclic) bond motifs is 3. The molecule has 1 aliphatic rings. The Morgan fingerprint density at radius 3 is 3.18 bits per heavy atom. The number of hydrogen-bond donors (Lipinski definition) is 2. The lowest BCUT2D eigenvalue weighted by Crippen LogP contribution is -2.29. The van der Waals surface area contributed by atoms with Crippen molar-refractivity contribution < 1.29 is 0 Å². The maximum atomic E-state index is 4.47. The lowest BCUT2D eigenvalue weighted by atomic mass is 10.0. The highest BCUT2D eigenvalue weighted by molar-refractivity contribution is 7.18. The van der Waals surface area contributed by atoms with Gasteiger partial charge in [-0.1, -0.05) is 0 Å². The molecular formula is C16H19N5S. The van der Waals surface area contributed by atoms with Crippen LogP contribution in [-0.2, 0) is 19.5 Å². The number of hydrogen-bond acceptors (Lipinski definition) is 5. The van der Waals surface area contributed by atoms with E-state index in [2.05, 4.69) is 44.2 Å². The Bertz CT molecular complexity index is 777. The number of nitrogens with zero attached hydrogens (tertiary/aromatic N) is 3. The van der Waals surface area contributed by atoms with Gasteiger partial charge in [0, 0.05) is 42.9 Å². The number of aromatic nitrogens is 3. The standard InChI is InChI=1S/C16H19N5S/c1-2-17-15-14-12-5-7-21(8-11-4-3-6-18-11)9-13(12)22-16(14)20-10-19-15/h3-4,6,10,18H,2,5,7-9H2,1H3,(H,17,19,20). The van der Waals surface area contributed by atoms with Crippen molar-refractivity contribution in [3.8, 4) is 0 Å². The van der Waals surface area contributed by atoms with Crippen LogP contribution in [0.5, 0.6) is 0 Å². The maximum absolute atomic E-state index is 4.47. The highest BCUT2D eigenvalue weighted by atomic mass is 32.1. The predicted octanol–water partition coefficient (Wildman–Crippen LogP) is 3.01. The van der Waals surface area contributed by atoms with E-state index < -0.39 is 0 Å². The van der Waals surface area contributed by atoms with Crippen molar-refractivity contribution in [2.24, 2.45) is 0 Å². The first-order chi connectivity index (χ1) is 10.8. The van der Waals surface area contributed by atoms with Gasteiger partial charge in [-0.05, 0) is 31.0 Å². The zero-order valence-corrected chi connectivity index (χ0v) is 13.4. The second kappa shape index (κ2) is 5.70. The monoisotopic (exact) mass is 313 g/mol. The van der Waals surface area contributed by atoms with Crippen LogP contribution in [0.2, 0.25) is 0 Å². The molecule has 114 valence electrons. The fraction of sp³-hybridized carbons (Fsp3) is 0.375. The lowest BCUT2D eigenvalue weighted by molar-refractivity contribution is 0.247. The molecule has 5 nitrogen and oxygen atoms in total. The molecule has 0 saturated carbocycles. The molecule has 4 rings (SSSR count). The van der Waals surface area contributed by atoms with Gasteiger partial charge in [0.2, 0.25) is 0 Å². The summed E-state index contributed by atoms with van der Waals surface area (Å²) < 4.78 is 0. The van der Waals surface area contributed by atoms with Crippen LogP contribution < -0.4 is 5.32 Å². The highest BCUT2D eigenvalue weighted by Crippen LogP contribution is 2.37. The number of H-pyrrole nitrogens is 1. The third-order valence-electron chi connectivity index (χ3n) is 4.12. The fourth-order valence-electron chi connectivity index (χ4n) is 3.12. The lowest BCUT2D eigenvalue weighted by Gasteiger charge is -2.26. The van der Waals surface area contributed by atoms with Gasteiger partial charge in [0.15, 0.2) is 0 Å². The first-order valence-corrected chi connectivity index (χ1v) is 8.50. The van der Waals surface area contributed by atoms with E-state index in [1.54, 1.807) is 6.33 Å². The van der Waals surface area contributed by atoms with Crippen molar-refractivity contribution in [2.45, 2.75) is 26.4 Å². The molecule has 0 unspecified atom stereocenters. The second-order valence-electron chi connectivity index (χ2n) is 5.59. The Morgan fingerprint density at radius 1 is 1.41 bits per heavy atom. The third kappa shape index (κ3) is 2.38. The normalized spacial score (nSPS) is 15.1. The van der Waals surface area contributed by atoms with Crippen LogP contribution in [-0.4, -0.2) is 32.9 Å². The third-order valence-corrected chi connectivity index (χ3v) is 5.24. The van der Waals surface area contributed by atoms with Gasteiger partial charge in [-0.2, -0.15) is 0 Å². The largest absolute Gasteiger partial charge is 0.370 e. The van der Waals surface area contributed by atoms with Gasteiger partial charge >= 0.3 is 0 Å². The molecule has 0 atom stereocenters. The number of thiophene rings is 1. The van der Waals surface area contributed by atoms with E-state index >= 15 is 0 Å². The Hall–Kier alpha value is -1.92. The van der Waals surface area contributed by atoms with Crippen molar-refractivity contribution in [1.82, 2.24) is 19.9 Å². The summed E-state index contributed by atoms with van der Waals surface area (Å²) in [6, 6.07) is 4.21. The Morgan fingerprint density at radius 2 is 2.36 bits per heavy atom. The molecule has 6 heteroatoms. The number of nitrogens with one attached hydrogen (secondary N) is 2. The molecule has 1 aliphatic heterocycles. The summed E-state index contributed by atoms with van der Waals surface area (Å²) in [5.41, 5.74) is 2.72. The molecule has 0 spiro atoms. The predicted molar refractivity (Wildman–Crippen MR) is 90.2 cm³/mol. The van der Waals surface area contributed by atoms with Gasteiger partial charge in [0.25, 0.3) is 0 Å². The zero-order chi connectivity index (χ0) is 14.9. The number of anilines is 1. The molecule has 0 aromatic carbocycles. The molecule has 0 aliphatic carbocycles. The van der Waals surface area contributed by atoms with Gasteiger partial charge in [-0.3, -0.25) is 4.90 Å². The van der Waals surface area contributed by atoms with E-state index in [-0.39, 0.29) is 0 Å². The van der Waals surface area contributed by atoms with Gasteiger partial charge in [0.05, 0.1) is 5.39 Å². The summed E-state index contributed by atoms with van der Waals surface area (Å²) in [6.07, 6.45) is 4.73. The molecule has 0 fully saturated rings. The minimum absolute atomic E-state index is 0.885. The van der Waals surface area contributed by atoms with E-state index in [4.69, 9.17) is 0 Å². The first kappa shape index (κ1) is 13.7. The van der Waals surface area contributed by atoms with Crippen molar-refractivity contribution >= 4 is 27.4 Å². The average Bonchev–Trinajstić information content (AvgIpc) is 3.14. The van der Waals surface area contributed by atoms with Crippen LogP contribution in [0.15, 0.2) is 24.7 Å². The van der Waals surface area contributed by atoms with Crippen LogP contribution >= 0.6 is 11.3 Å². The summed E-state index contributed by atoms with van der Waals surface area (Å²) >= 11 is 1.81. The highest BCUT2D eigenvalue weighted by Gasteiger charge is 2.23. The second-order valence-corrected chi connectivity index (χ2v) is 6.68. The van der Waals surface area contributed by atoms with Gasteiger partial charge in [0.1, 0.15) is 17.0 Å². The van der Waals surface area contributed by atoms with Crippen molar-refractivity contribution in [2.75, 3.05) is 18.4 Å².